The maximum Gasteiger partial charge on any atom is 0.260 e. The minimum Gasteiger partial charge on any atom is -0.376 e. The van der Waals surface area contributed by atoms with Crippen molar-refractivity contribution in [1.29, 1.82) is 0 Å². The summed E-state index contributed by atoms with van der Waals surface area (Å²) in [6.07, 6.45) is 1.74. The van der Waals surface area contributed by atoms with Crippen LogP contribution in [-0.4, -0.2) is 49.9 Å². The predicted molar refractivity (Wildman–Crippen MR) is 147 cm³/mol. The maximum absolute atomic E-state index is 13.7. The average Bonchev–Trinajstić information content (AvgIpc) is 3.57. The fourth-order valence-corrected chi connectivity index (χ4v) is 6.68. The number of nitrogens with zero attached hydrogens (tertiary/aromatic N) is 3. The van der Waals surface area contributed by atoms with E-state index in [4.69, 9.17) is 16.3 Å². The highest BCUT2D eigenvalue weighted by atomic mass is 35.5. The number of aromatic nitrogens is 1. The third kappa shape index (κ3) is 5.71. The summed E-state index contributed by atoms with van der Waals surface area (Å²) in [5, 5.41) is 1.16. The zero-order chi connectivity index (χ0) is 26.0. The molecule has 1 aliphatic rings. The summed E-state index contributed by atoms with van der Waals surface area (Å²) in [6, 6.07) is 20.9. The zero-order valence-corrected chi connectivity index (χ0v) is 22.6. The van der Waals surface area contributed by atoms with Crippen LogP contribution in [0.3, 0.4) is 0 Å². The molecule has 1 unspecified atom stereocenters. The van der Waals surface area contributed by atoms with Crippen molar-refractivity contribution >= 4 is 54.2 Å². The van der Waals surface area contributed by atoms with E-state index in [1.54, 1.807) is 30.1 Å². The Morgan fingerprint density at radius 2 is 1.86 bits per heavy atom. The average molecular weight is 556 g/mol. The smallest absolute Gasteiger partial charge is 0.260 e. The Balaban J connectivity index is 1.40. The molecule has 0 saturated carbocycles. The Morgan fingerprint density at radius 1 is 1.11 bits per heavy atom. The highest BCUT2D eigenvalue weighted by Gasteiger charge is 2.28. The van der Waals surface area contributed by atoms with Gasteiger partial charge in [0, 0.05) is 30.8 Å². The molecule has 1 amide bonds. The normalized spacial score (nSPS) is 15.9. The van der Waals surface area contributed by atoms with Crippen LogP contribution in [0.2, 0.25) is 5.02 Å². The molecule has 1 fully saturated rings. The molecule has 0 bridgehead atoms. The van der Waals surface area contributed by atoms with Crippen LogP contribution in [0, 0.1) is 0 Å². The van der Waals surface area contributed by atoms with Crippen molar-refractivity contribution < 1.29 is 17.9 Å². The molecule has 0 radical (unpaired) electrons. The molecule has 1 aromatic heterocycles. The van der Waals surface area contributed by atoms with E-state index >= 15 is 0 Å². The number of carbonyl (C=O) groups is 1. The lowest BCUT2D eigenvalue weighted by molar-refractivity contribution is 0.0917. The number of hydrogen-bond acceptors (Lipinski definition) is 6. The van der Waals surface area contributed by atoms with Crippen LogP contribution in [0.25, 0.3) is 10.2 Å². The van der Waals surface area contributed by atoms with Crippen LogP contribution in [0.5, 0.6) is 0 Å². The van der Waals surface area contributed by atoms with Crippen molar-refractivity contribution in [1.82, 2.24) is 9.29 Å². The van der Waals surface area contributed by atoms with Crippen LogP contribution >= 0.6 is 22.9 Å². The Labute approximate surface area is 225 Å². The summed E-state index contributed by atoms with van der Waals surface area (Å²) >= 11 is 7.54. The second kappa shape index (κ2) is 10.9. The molecule has 37 heavy (non-hydrogen) atoms. The molecule has 0 N–H and O–H groups in total. The van der Waals surface area contributed by atoms with E-state index in [0.29, 0.717) is 28.9 Å². The molecular formula is C27H26ClN3O4S2. The van der Waals surface area contributed by atoms with E-state index in [2.05, 4.69) is 4.98 Å². The number of sulfonamides is 1. The van der Waals surface area contributed by atoms with Crippen LogP contribution in [0.4, 0.5) is 5.13 Å². The molecule has 192 valence electrons. The monoisotopic (exact) mass is 555 g/mol. The number of halogens is 1. The van der Waals surface area contributed by atoms with Gasteiger partial charge in [-0.3, -0.25) is 9.69 Å². The predicted octanol–water partition coefficient (Wildman–Crippen LogP) is 5.60. The van der Waals surface area contributed by atoms with E-state index in [-0.39, 0.29) is 23.5 Å². The van der Waals surface area contributed by atoms with Gasteiger partial charge in [-0.2, -0.15) is 4.31 Å². The number of anilines is 1. The van der Waals surface area contributed by atoms with Gasteiger partial charge < -0.3 is 4.74 Å². The molecular weight excluding hydrogens is 530 g/mol. The number of rotatable bonds is 8. The van der Waals surface area contributed by atoms with E-state index in [0.717, 1.165) is 28.6 Å². The quantitative estimate of drug-likeness (QED) is 0.283. The Kier molecular flexibility index (Phi) is 7.60. The number of carbonyl (C=O) groups excluding carboxylic acids is 1. The summed E-state index contributed by atoms with van der Waals surface area (Å²) < 4.78 is 34.2. The summed E-state index contributed by atoms with van der Waals surface area (Å²) in [5.41, 5.74) is 2.03. The van der Waals surface area contributed by atoms with Gasteiger partial charge in [0.25, 0.3) is 5.91 Å². The van der Waals surface area contributed by atoms with Crippen LogP contribution in [0.15, 0.2) is 77.7 Å². The lowest BCUT2D eigenvalue weighted by atomic mass is 10.2. The van der Waals surface area contributed by atoms with Gasteiger partial charge in [-0.25, -0.2) is 13.4 Å². The molecule has 0 aliphatic carbocycles. The number of thiazole rings is 1. The number of ether oxygens (including phenoxy) is 1. The third-order valence-corrected chi connectivity index (χ3v) is 9.38. The van der Waals surface area contributed by atoms with E-state index in [9.17, 15) is 13.2 Å². The summed E-state index contributed by atoms with van der Waals surface area (Å²) in [7, 11) is -2.18. The van der Waals surface area contributed by atoms with Crippen molar-refractivity contribution in [3.63, 3.8) is 0 Å². The molecule has 10 heteroatoms. The molecule has 3 aromatic carbocycles. The summed E-state index contributed by atoms with van der Waals surface area (Å²) in [5.74, 6) is -0.262. The second-order valence-electron chi connectivity index (χ2n) is 8.93. The van der Waals surface area contributed by atoms with E-state index in [1.165, 1.54) is 27.8 Å². The van der Waals surface area contributed by atoms with E-state index in [1.807, 2.05) is 42.5 Å². The minimum absolute atomic E-state index is 0.0779. The van der Waals surface area contributed by atoms with E-state index < -0.39 is 10.0 Å². The highest BCUT2D eigenvalue weighted by Crippen LogP contribution is 2.32. The van der Waals surface area contributed by atoms with Crippen molar-refractivity contribution in [2.24, 2.45) is 0 Å². The third-order valence-electron chi connectivity index (χ3n) is 6.28. The first-order valence-electron chi connectivity index (χ1n) is 11.9. The minimum atomic E-state index is -3.73. The van der Waals surface area contributed by atoms with Gasteiger partial charge in [-0.15, -0.1) is 0 Å². The number of fused-ring (bicyclic) bond motifs is 1. The molecule has 0 spiro atoms. The van der Waals surface area contributed by atoms with Crippen molar-refractivity contribution in [2.75, 3.05) is 25.1 Å². The largest absolute Gasteiger partial charge is 0.376 e. The van der Waals surface area contributed by atoms with Crippen LogP contribution in [0.1, 0.15) is 28.8 Å². The summed E-state index contributed by atoms with van der Waals surface area (Å²) in [4.78, 5) is 20.1. The molecule has 1 saturated heterocycles. The zero-order valence-electron chi connectivity index (χ0n) is 20.2. The molecule has 4 aromatic rings. The molecule has 7 nitrogen and oxygen atoms in total. The highest BCUT2D eigenvalue weighted by molar-refractivity contribution is 7.89. The Hall–Kier alpha value is -2.82. The molecule has 1 atom stereocenters. The fourth-order valence-electron chi connectivity index (χ4n) is 4.27. The van der Waals surface area contributed by atoms with Gasteiger partial charge in [0.05, 0.1) is 27.8 Å². The maximum atomic E-state index is 13.7. The number of amides is 1. The SMILES string of the molecule is CN(Cc1ccccc1)S(=O)(=O)c1ccc(C(=O)N(CC2CCCO2)c2nc3ccc(Cl)cc3s2)cc1. The van der Waals surface area contributed by atoms with Crippen molar-refractivity contribution in [3.05, 3.63) is 88.9 Å². The van der Waals surface area contributed by atoms with Crippen molar-refractivity contribution in [3.8, 4) is 0 Å². The van der Waals surface area contributed by atoms with Crippen LogP contribution in [-0.2, 0) is 21.3 Å². The second-order valence-corrected chi connectivity index (χ2v) is 12.4. The first-order chi connectivity index (χ1) is 17.8. The Bertz CT molecular complexity index is 1500. The fraction of sp³-hybridized carbons (Fsp3) is 0.259. The van der Waals surface area contributed by atoms with Gasteiger partial charge in [0.1, 0.15) is 0 Å². The number of hydrogen-bond donors (Lipinski definition) is 0. The molecule has 5 rings (SSSR count). The standard InChI is InChI=1S/C27H26ClN3O4S2/c1-30(17-19-6-3-2-4-7-19)37(33,34)23-12-9-20(10-13-23)26(32)31(18-22-8-5-15-35-22)27-29-24-14-11-21(28)16-25(24)36-27/h2-4,6-7,9-14,16,22H,5,8,15,17-18H2,1H3. The van der Waals surface area contributed by atoms with Crippen LogP contribution < -0.4 is 4.90 Å². The van der Waals surface area contributed by atoms with Gasteiger partial charge >= 0.3 is 0 Å². The summed E-state index contributed by atoms with van der Waals surface area (Å²) in [6.45, 7) is 1.29. The first-order valence-corrected chi connectivity index (χ1v) is 14.5. The molecule has 1 aliphatic heterocycles. The number of benzene rings is 3. The molecule has 2 heterocycles. The van der Waals surface area contributed by atoms with Gasteiger partial charge in [0.15, 0.2) is 5.13 Å². The van der Waals surface area contributed by atoms with Crippen molar-refractivity contribution in [2.45, 2.75) is 30.4 Å². The topological polar surface area (TPSA) is 79.8 Å². The Morgan fingerprint density at radius 3 is 2.57 bits per heavy atom. The van der Waals surface area contributed by atoms with Gasteiger partial charge in [-0.1, -0.05) is 53.3 Å². The lowest BCUT2D eigenvalue weighted by Gasteiger charge is -2.23. The van der Waals surface area contributed by atoms with Gasteiger partial charge in [0.2, 0.25) is 10.0 Å². The first kappa shape index (κ1) is 25.8. The van der Waals surface area contributed by atoms with Gasteiger partial charge in [-0.05, 0) is 60.9 Å². The lowest BCUT2D eigenvalue weighted by Crippen LogP contribution is -2.37.